The number of rotatable bonds is 6. The molecule has 0 aliphatic heterocycles. The summed E-state index contributed by atoms with van der Waals surface area (Å²) in [5.41, 5.74) is 3.36. The molecular weight excluding hydrogens is 338 g/mol. The van der Waals surface area contributed by atoms with Crippen LogP contribution in [-0.4, -0.2) is 21.0 Å². The molecule has 2 aromatic carbocycles. The molecule has 2 N–H and O–H groups in total. The normalized spacial score (nSPS) is 11.8. The van der Waals surface area contributed by atoms with Gasteiger partial charge in [0, 0.05) is 17.9 Å². The molecule has 0 spiro atoms. The highest BCUT2D eigenvalue weighted by Crippen LogP contribution is 2.23. The number of hydrogen-bond acceptors (Lipinski definition) is 4. The lowest BCUT2D eigenvalue weighted by molar-refractivity contribution is -0.119. The second-order valence-electron chi connectivity index (χ2n) is 6.56. The third kappa shape index (κ3) is 4.70. The lowest BCUT2D eigenvalue weighted by Crippen LogP contribution is -2.21. The number of aromatic nitrogens is 2. The summed E-state index contributed by atoms with van der Waals surface area (Å²) < 4.78 is 0. The molecule has 0 saturated carbocycles. The topological polar surface area (TPSA) is 75.1 Å². The number of benzene rings is 2. The van der Waals surface area contributed by atoms with Crippen LogP contribution in [0.3, 0.4) is 0 Å². The van der Waals surface area contributed by atoms with Crippen LogP contribution in [0.15, 0.2) is 60.8 Å². The minimum absolute atomic E-state index is 0.0569. The molecule has 3 rings (SSSR count). The first-order valence-corrected chi connectivity index (χ1v) is 9.07. The van der Waals surface area contributed by atoms with Gasteiger partial charge in [-0.3, -0.25) is 4.79 Å². The van der Waals surface area contributed by atoms with Gasteiger partial charge in [-0.15, -0.1) is 0 Å². The smallest absolute Gasteiger partial charge is 0.228 e. The Morgan fingerprint density at radius 3 is 2.48 bits per heavy atom. The van der Waals surface area contributed by atoms with Crippen LogP contribution >= 0.6 is 0 Å². The minimum atomic E-state index is -0.0897. The Labute approximate surface area is 159 Å². The number of nitrogens with one attached hydrogen (secondary N) is 1. The van der Waals surface area contributed by atoms with E-state index in [-0.39, 0.29) is 17.6 Å². The van der Waals surface area contributed by atoms with Gasteiger partial charge in [0.05, 0.1) is 17.6 Å². The summed E-state index contributed by atoms with van der Waals surface area (Å²) in [6.07, 6.45) is 2.97. The van der Waals surface area contributed by atoms with Crippen LogP contribution in [0.2, 0.25) is 0 Å². The molecular formula is C22H23N3O2. The molecule has 5 heteroatoms. The second-order valence-corrected chi connectivity index (χ2v) is 6.56. The fourth-order valence-electron chi connectivity index (χ4n) is 2.64. The first-order chi connectivity index (χ1) is 13.1. The second kappa shape index (κ2) is 8.45. The summed E-state index contributed by atoms with van der Waals surface area (Å²) in [5, 5.41) is 12.4. The Morgan fingerprint density at radius 1 is 1.11 bits per heavy atom. The van der Waals surface area contributed by atoms with Crippen molar-refractivity contribution >= 4 is 11.7 Å². The molecule has 0 bridgehead atoms. The minimum Gasteiger partial charge on any atom is -0.508 e. The van der Waals surface area contributed by atoms with Crippen molar-refractivity contribution in [2.45, 2.75) is 26.7 Å². The maximum atomic E-state index is 12.3. The Morgan fingerprint density at radius 2 is 1.81 bits per heavy atom. The summed E-state index contributed by atoms with van der Waals surface area (Å²) in [4.78, 5) is 21.6. The van der Waals surface area contributed by atoms with Crippen molar-refractivity contribution in [3.05, 3.63) is 72.1 Å². The number of nitrogens with zero attached hydrogens (tertiary/aromatic N) is 2. The van der Waals surface area contributed by atoms with E-state index in [4.69, 9.17) is 4.98 Å². The van der Waals surface area contributed by atoms with Crippen molar-refractivity contribution in [3.63, 3.8) is 0 Å². The van der Waals surface area contributed by atoms with E-state index < -0.39 is 0 Å². The average Bonchev–Trinajstić information content (AvgIpc) is 2.70. The van der Waals surface area contributed by atoms with Crippen LogP contribution in [0.1, 0.15) is 31.5 Å². The fourth-order valence-corrected chi connectivity index (χ4v) is 2.64. The molecule has 138 valence electrons. The van der Waals surface area contributed by atoms with Crippen LogP contribution < -0.4 is 5.32 Å². The number of hydrogen-bond donors (Lipinski definition) is 2. The molecule has 5 nitrogen and oxygen atoms in total. The Hall–Kier alpha value is -3.21. The van der Waals surface area contributed by atoms with Gasteiger partial charge in [-0.25, -0.2) is 9.97 Å². The zero-order valence-electron chi connectivity index (χ0n) is 15.5. The summed E-state index contributed by atoms with van der Waals surface area (Å²) in [5.74, 6) is 0.548. The van der Waals surface area contributed by atoms with E-state index in [1.807, 2.05) is 44.2 Å². The van der Waals surface area contributed by atoms with Crippen molar-refractivity contribution in [2.24, 2.45) is 5.92 Å². The van der Waals surface area contributed by atoms with Crippen molar-refractivity contribution in [1.29, 1.82) is 0 Å². The van der Waals surface area contributed by atoms with E-state index in [1.165, 1.54) is 0 Å². The Kier molecular flexibility index (Phi) is 5.81. The van der Waals surface area contributed by atoms with Crippen LogP contribution in [-0.2, 0) is 11.2 Å². The van der Waals surface area contributed by atoms with Crippen LogP contribution in [0.25, 0.3) is 11.3 Å². The van der Waals surface area contributed by atoms with E-state index in [2.05, 4.69) is 10.3 Å². The van der Waals surface area contributed by atoms with Gasteiger partial charge in [0.1, 0.15) is 5.75 Å². The molecule has 1 amide bonds. The van der Waals surface area contributed by atoms with E-state index >= 15 is 0 Å². The number of phenols is 1. The number of phenolic OH excluding ortho intramolecular Hbond substituents is 1. The Balaban J connectivity index is 1.96. The summed E-state index contributed by atoms with van der Waals surface area (Å²) in [6.45, 7) is 3.87. The van der Waals surface area contributed by atoms with Crippen molar-refractivity contribution in [3.8, 4) is 17.0 Å². The third-order valence-electron chi connectivity index (χ3n) is 4.52. The molecule has 27 heavy (non-hydrogen) atoms. The van der Waals surface area contributed by atoms with Crippen LogP contribution in [0.4, 0.5) is 5.82 Å². The zero-order chi connectivity index (χ0) is 19.2. The average molecular weight is 361 g/mol. The maximum absolute atomic E-state index is 12.3. The first-order valence-electron chi connectivity index (χ1n) is 9.07. The molecule has 3 aromatic rings. The summed E-state index contributed by atoms with van der Waals surface area (Å²) in [6, 6.07) is 16.8. The van der Waals surface area contributed by atoms with Gasteiger partial charge in [-0.2, -0.15) is 0 Å². The van der Waals surface area contributed by atoms with E-state index in [0.29, 0.717) is 23.6 Å². The predicted octanol–water partition coefficient (Wildman–Crippen LogP) is 4.42. The number of anilines is 1. The molecule has 1 atom stereocenters. The van der Waals surface area contributed by atoms with Crippen molar-refractivity contribution in [1.82, 2.24) is 9.97 Å². The highest BCUT2D eigenvalue weighted by Gasteiger charge is 2.16. The van der Waals surface area contributed by atoms with Gasteiger partial charge in [0.25, 0.3) is 0 Å². The summed E-state index contributed by atoms with van der Waals surface area (Å²) in [7, 11) is 0. The zero-order valence-corrected chi connectivity index (χ0v) is 15.5. The molecule has 0 fully saturated rings. The lowest BCUT2D eigenvalue weighted by Gasteiger charge is -2.14. The molecule has 0 saturated heterocycles. The SMILES string of the molecule is CCC(C)C(=O)Nc1ncc(-c2ccc(O)cc2)nc1Cc1ccccc1. The summed E-state index contributed by atoms with van der Waals surface area (Å²) >= 11 is 0. The van der Waals surface area contributed by atoms with Gasteiger partial charge in [-0.1, -0.05) is 44.2 Å². The van der Waals surface area contributed by atoms with Gasteiger partial charge < -0.3 is 10.4 Å². The molecule has 0 aliphatic rings. The lowest BCUT2D eigenvalue weighted by atomic mass is 10.1. The monoisotopic (exact) mass is 361 g/mol. The van der Waals surface area contributed by atoms with Crippen LogP contribution in [0, 0.1) is 5.92 Å². The van der Waals surface area contributed by atoms with E-state index in [1.54, 1.807) is 30.5 Å². The standard InChI is InChI=1S/C22H23N3O2/c1-3-15(2)22(27)25-21-19(13-16-7-5-4-6-8-16)24-20(14-23-21)17-9-11-18(26)12-10-17/h4-12,14-15,26H,3,13H2,1-2H3,(H,23,25,27). The number of amides is 1. The molecule has 0 radical (unpaired) electrons. The van der Waals surface area contributed by atoms with Gasteiger partial charge in [0.2, 0.25) is 5.91 Å². The molecule has 1 unspecified atom stereocenters. The molecule has 1 aromatic heterocycles. The van der Waals surface area contributed by atoms with Crippen molar-refractivity contribution < 1.29 is 9.90 Å². The highest BCUT2D eigenvalue weighted by molar-refractivity contribution is 5.92. The van der Waals surface area contributed by atoms with Crippen LogP contribution in [0.5, 0.6) is 5.75 Å². The number of aromatic hydroxyl groups is 1. The van der Waals surface area contributed by atoms with E-state index in [9.17, 15) is 9.90 Å². The number of carbonyl (C=O) groups excluding carboxylic acids is 1. The van der Waals surface area contributed by atoms with Crippen molar-refractivity contribution in [2.75, 3.05) is 5.32 Å². The third-order valence-corrected chi connectivity index (χ3v) is 4.52. The fraction of sp³-hybridized carbons (Fsp3) is 0.227. The molecule has 0 aliphatic carbocycles. The van der Waals surface area contributed by atoms with E-state index in [0.717, 1.165) is 17.5 Å². The quantitative estimate of drug-likeness (QED) is 0.681. The number of carbonyl (C=O) groups is 1. The largest absolute Gasteiger partial charge is 0.508 e. The van der Waals surface area contributed by atoms with Gasteiger partial charge >= 0.3 is 0 Å². The Bertz CT molecular complexity index is 909. The first kappa shape index (κ1) is 18.6. The van der Waals surface area contributed by atoms with Gasteiger partial charge in [0.15, 0.2) is 5.82 Å². The highest BCUT2D eigenvalue weighted by atomic mass is 16.3. The maximum Gasteiger partial charge on any atom is 0.228 e. The van der Waals surface area contributed by atoms with Gasteiger partial charge in [-0.05, 0) is 36.2 Å². The molecule has 1 heterocycles. The predicted molar refractivity (Wildman–Crippen MR) is 106 cm³/mol.